The lowest BCUT2D eigenvalue weighted by Gasteiger charge is -2.25. The van der Waals surface area contributed by atoms with Gasteiger partial charge in [-0.2, -0.15) is 0 Å². The number of carbonyl (C=O) groups excluding carboxylic acids is 2. The smallest absolute Gasteiger partial charge is 0.328 e. The second-order valence-electron chi connectivity index (χ2n) is 7.88. The van der Waals surface area contributed by atoms with Crippen molar-refractivity contribution in [1.82, 2.24) is 9.88 Å². The number of aromatic nitrogens is 1. The van der Waals surface area contributed by atoms with Crippen molar-refractivity contribution < 1.29 is 14.3 Å². The number of nitrogens with one attached hydrogen (secondary N) is 1. The van der Waals surface area contributed by atoms with Gasteiger partial charge in [0.15, 0.2) is 5.13 Å². The number of hydrogen-bond acceptors (Lipinski definition) is 6. The molecule has 2 aromatic rings. The van der Waals surface area contributed by atoms with Gasteiger partial charge in [-0.3, -0.25) is 15.0 Å². The number of halogens is 1. The highest BCUT2D eigenvalue weighted by atomic mass is 35.5. The lowest BCUT2D eigenvalue weighted by atomic mass is 9.81. The van der Waals surface area contributed by atoms with Crippen LogP contribution in [0.4, 0.5) is 15.6 Å². The SMILES string of the molecule is CCOC(=O)CCc1cnc(NC(=O)N2CC3(CCN(C)C3)c3cc(Cl)ccc32)s1. The normalized spacial score (nSPS) is 20.6. The molecule has 1 aromatic carbocycles. The molecule has 1 spiro atoms. The molecule has 1 fully saturated rings. The molecule has 0 aliphatic carbocycles. The fraction of sp³-hybridized carbons (Fsp3) is 0.476. The van der Waals surface area contributed by atoms with Gasteiger partial charge in [-0.15, -0.1) is 11.3 Å². The Bertz CT molecular complexity index is 965. The first kappa shape index (κ1) is 21.1. The number of aryl methyl sites for hydroxylation is 1. The molecule has 7 nitrogen and oxygen atoms in total. The van der Waals surface area contributed by atoms with Gasteiger partial charge in [0.2, 0.25) is 0 Å². The van der Waals surface area contributed by atoms with Crippen LogP contribution in [0.3, 0.4) is 0 Å². The molecule has 2 aliphatic rings. The number of amides is 2. The minimum atomic E-state index is -0.226. The topological polar surface area (TPSA) is 74.8 Å². The van der Waals surface area contributed by atoms with E-state index in [4.69, 9.17) is 16.3 Å². The molecule has 2 aliphatic heterocycles. The maximum Gasteiger partial charge on any atom is 0.328 e. The summed E-state index contributed by atoms with van der Waals surface area (Å²) in [6.45, 7) is 4.69. The van der Waals surface area contributed by atoms with E-state index >= 15 is 0 Å². The Morgan fingerprint density at radius 1 is 1.37 bits per heavy atom. The fourth-order valence-electron chi connectivity index (χ4n) is 4.35. The molecule has 3 heterocycles. The lowest BCUT2D eigenvalue weighted by molar-refractivity contribution is -0.143. The molecule has 9 heteroatoms. The number of likely N-dealkylation sites (N-methyl/N-ethyl adjacent to an activating group) is 1. The van der Waals surface area contributed by atoms with Crippen molar-refractivity contribution in [3.8, 4) is 0 Å². The van der Waals surface area contributed by atoms with E-state index in [-0.39, 0.29) is 17.4 Å². The summed E-state index contributed by atoms with van der Waals surface area (Å²) in [6, 6.07) is 5.56. The highest BCUT2D eigenvalue weighted by Crippen LogP contribution is 2.47. The molecule has 0 bridgehead atoms. The number of nitrogens with zero attached hydrogens (tertiary/aromatic N) is 3. The van der Waals surface area contributed by atoms with Crippen molar-refractivity contribution in [2.75, 3.05) is 43.5 Å². The first-order valence-electron chi connectivity index (χ1n) is 10.1. The van der Waals surface area contributed by atoms with Crippen LogP contribution in [0.25, 0.3) is 0 Å². The molecule has 1 atom stereocenters. The van der Waals surface area contributed by atoms with Crippen LogP contribution in [0.2, 0.25) is 5.02 Å². The number of likely N-dealkylation sites (tertiary alicyclic amines) is 1. The van der Waals surface area contributed by atoms with Gasteiger partial charge in [-0.05, 0) is 57.1 Å². The minimum Gasteiger partial charge on any atom is -0.466 e. The van der Waals surface area contributed by atoms with E-state index in [1.165, 1.54) is 11.3 Å². The van der Waals surface area contributed by atoms with Gasteiger partial charge < -0.3 is 9.64 Å². The third kappa shape index (κ3) is 4.17. The molecular formula is C21H25ClN4O3S. The Hall–Kier alpha value is -2.16. The Balaban J connectivity index is 1.46. The predicted molar refractivity (Wildman–Crippen MR) is 119 cm³/mol. The first-order chi connectivity index (χ1) is 14.4. The second-order valence-corrected chi connectivity index (χ2v) is 9.43. The van der Waals surface area contributed by atoms with E-state index in [1.54, 1.807) is 18.0 Å². The average molecular weight is 449 g/mol. The summed E-state index contributed by atoms with van der Waals surface area (Å²) in [7, 11) is 2.11. The molecule has 30 heavy (non-hydrogen) atoms. The van der Waals surface area contributed by atoms with Crippen LogP contribution in [0.5, 0.6) is 0 Å². The summed E-state index contributed by atoms with van der Waals surface area (Å²) >= 11 is 7.66. The number of thiazole rings is 1. The van der Waals surface area contributed by atoms with Crippen LogP contribution in [0.15, 0.2) is 24.4 Å². The summed E-state index contributed by atoms with van der Waals surface area (Å²) in [5.74, 6) is -0.226. The quantitative estimate of drug-likeness (QED) is 0.702. The largest absolute Gasteiger partial charge is 0.466 e. The standard InChI is InChI=1S/C21H25ClN4O3S/c1-3-29-18(27)7-5-15-11-23-19(30-15)24-20(28)26-13-21(8-9-25(2)12-21)16-10-14(22)4-6-17(16)26/h4,6,10-11H,3,5,7-9,12-13H2,1-2H3,(H,23,24,28). The Morgan fingerprint density at radius 2 is 2.20 bits per heavy atom. The van der Waals surface area contributed by atoms with Crippen LogP contribution < -0.4 is 10.2 Å². The van der Waals surface area contributed by atoms with Gasteiger partial charge in [0, 0.05) is 40.3 Å². The molecule has 160 valence electrons. The fourth-order valence-corrected chi connectivity index (χ4v) is 5.32. The Kier molecular flexibility index (Phi) is 5.99. The van der Waals surface area contributed by atoms with Crippen LogP contribution in [-0.4, -0.2) is 55.2 Å². The molecule has 0 saturated carbocycles. The van der Waals surface area contributed by atoms with Gasteiger partial charge in [-0.25, -0.2) is 9.78 Å². The zero-order valence-electron chi connectivity index (χ0n) is 17.1. The second kappa shape index (κ2) is 8.53. The zero-order chi connectivity index (χ0) is 21.3. The van der Waals surface area contributed by atoms with Gasteiger partial charge in [0.05, 0.1) is 13.0 Å². The number of rotatable bonds is 5. The van der Waals surface area contributed by atoms with E-state index < -0.39 is 0 Å². The highest BCUT2D eigenvalue weighted by Gasteiger charge is 2.48. The molecule has 4 rings (SSSR count). The number of ether oxygens (including phenoxy) is 1. The zero-order valence-corrected chi connectivity index (χ0v) is 18.7. The number of fused-ring (bicyclic) bond motifs is 2. The third-order valence-corrected chi connectivity index (χ3v) is 6.93. The van der Waals surface area contributed by atoms with Crippen LogP contribution >= 0.6 is 22.9 Å². The van der Waals surface area contributed by atoms with Crippen LogP contribution in [0.1, 0.15) is 30.2 Å². The molecule has 1 unspecified atom stereocenters. The Morgan fingerprint density at radius 3 is 2.93 bits per heavy atom. The molecule has 1 saturated heterocycles. The minimum absolute atomic E-state index is 0.0833. The van der Waals surface area contributed by atoms with Crippen molar-refractivity contribution in [2.24, 2.45) is 0 Å². The maximum atomic E-state index is 13.1. The highest BCUT2D eigenvalue weighted by molar-refractivity contribution is 7.15. The van der Waals surface area contributed by atoms with Crippen LogP contribution in [-0.2, 0) is 21.4 Å². The summed E-state index contributed by atoms with van der Waals surface area (Å²) in [6.07, 6.45) is 3.55. The van der Waals surface area contributed by atoms with Gasteiger partial charge in [0.1, 0.15) is 0 Å². The van der Waals surface area contributed by atoms with Crippen molar-refractivity contribution in [1.29, 1.82) is 0 Å². The van der Waals surface area contributed by atoms with Gasteiger partial charge >= 0.3 is 12.0 Å². The Labute approximate surface area is 185 Å². The molecule has 2 amide bonds. The summed E-state index contributed by atoms with van der Waals surface area (Å²) in [5, 5.41) is 4.14. The van der Waals surface area contributed by atoms with E-state index in [0.29, 0.717) is 36.1 Å². The van der Waals surface area contributed by atoms with E-state index in [2.05, 4.69) is 22.2 Å². The first-order valence-corrected chi connectivity index (χ1v) is 11.3. The summed E-state index contributed by atoms with van der Waals surface area (Å²) in [5.41, 5.74) is 1.97. The predicted octanol–water partition coefficient (Wildman–Crippen LogP) is 3.92. The van der Waals surface area contributed by atoms with Crippen molar-refractivity contribution >= 4 is 45.8 Å². The number of benzene rings is 1. The van der Waals surface area contributed by atoms with Crippen molar-refractivity contribution in [3.63, 3.8) is 0 Å². The molecular weight excluding hydrogens is 424 g/mol. The average Bonchev–Trinajstić information content (AvgIpc) is 3.39. The van der Waals surface area contributed by atoms with Crippen molar-refractivity contribution in [2.45, 2.75) is 31.6 Å². The van der Waals surface area contributed by atoms with Gasteiger partial charge in [0.25, 0.3) is 0 Å². The lowest BCUT2D eigenvalue weighted by Crippen LogP contribution is -2.40. The number of esters is 1. The van der Waals surface area contributed by atoms with Crippen molar-refractivity contribution in [3.05, 3.63) is 39.9 Å². The molecule has 1 N–H and O–H groups in total. The van der Waals surface area contributed by atoms with E-state index in [9.17, 15) is 9.59 Å². The third-order valence-electron chi connectivity index (χ3n) is 5.72. The summed E-state index contributed by atoms with van der Waals surface area (Å²) < 4.78 is 4.95. The van der Waals surface area contributed by atoms with Gasteiger partial charge in [-0.1, -0.05) is 11.6 Å². The monoisotopic (exact) mass is 448 g/mol. The molecule has 1 aromatic heterocycles. The molecule has 0 radical (unpaired) electrons. The number of anilines is 2. The number of urea groups is 1. The summed E-state index contributed by atoms with van der Waals surface area (Å²) in [4.78, 5) is 34.0. The van der Waals surface area contributed by atoms with E-state index in [1.807, 2.05) is 18.2 Å². The van der Waals surface area contributed by atoms with Crippen LogP contribution in [0, 0.1) is 0 Å². The van der Waals surface area contributed by atoms with E-state index in [0.717, 1.165) is 35.6 Å². The number of hydrogen-bond donors (Lipinski definition) is 1. The number of carbonyl (C=O) groups is 2. The maximum absolute atomic E-state index is 13.1.